The zero-order chi connectivity index (χ0) is 20.2. The minimum Gasteiger partial charge on any atom is -0.378 e. The van der Waals surface area contributed by atoms with E-state index in [2.05, 4.69) is 63.7 Å². The average molecular weight is 381 g/mol. The predicted octanol–water partition coefficient (Wildman–Crippen LogP) is 5.12. The van der Waals surface area contributed by atoms with E-state index in [1.54, 1.807) is 6.21 Å². The summed E-state index contributed by atoms with van der Waals surface area (Å²) >= 11 is 0. The van der Waals surface area contributed by atoms with Crippen molar-refractivity contribution in [2.45, 2.75) is 6.92 Å². The van der Waals surface area contributed by atoms with Crippen LogP contribution >= 0.6 is 0 Å². The molecule has 0 aliphatic rings. The minimum atomic E-state index is 0.473. The highest BCUT2D eigenvalue weighted by Gasteiger charge is 2.09. The first-order valence-corrected chi connectivity index (χ1v) is 9.50. The average Bonchev–Trinajstić information content (AvgIpc) is 2.74. The van der Waals surface area contributed by atoms with Gasteiger partial charge in [-0.25, -0.2) is 15.4 Å². The van der Waals surface area contributed by atoms with Crippen LogP contribution < -0.4 is 10.3 Å². The molecule has 0 saturated heterocycles. The second-order valence-corrected chi connectivity index (χ2v) is 7.13. The van der Waals surface area contributed by atoms with E-state index in [0.29, 0.717) is 5.95 Å². The number of rotatable bonds is 5. The van der Waals surface area contributed by atoms with Crippen LogP contribution in [0.25, 0.3) is 22.2 Å². The first-order valence-electron chi connectivity index (χ1n) is 9.50. The minimum absolute atomic E-state index is 0.473. The predicted molar refractivity (Wildman–Crippen MR) is 122 cm³/mol. The van der Waals surface area contributed by atoms with Crippen molar-refractivity contribution in [3.05, 3.63) is 83.9 Å². The Kier molecular flexibility index (Phi) is 5.20. The molecular weight excluding hydrogens is 358 g/mol. The third-order valence-corrected chi connectivity index (χ3v) is 4.72. The third-order valence-electron chi connectivity index (χ3n) is 4.72. The van der Waals surface area contributed by atoms with Gasteiger partial charge in [0.05, 0.1) is 17.4 Å². The van der Waals surface area contributed by atoms with Crippen LogP contribution in [-0.2, 0) is 0 Å². The molecule has 29 heavy (non-hydrogen) atoms. The Morgan fingerprint density at radius 2 is 1.59 bits per heavy atom. The lowest BCUT2D eigenvalue weighted by atomic mass is 10.1. The molecular formula is C24H23N5. The fourth-order valence-electron chi connectivity index (χ4n) is 3.08. The maximum absolute atomic E-state index is 4.73. The maximum atomic E-state index is 4.73. The van der Waals surface area contributed by atoms with Crippen LogP contribution in [0.4, 0.5) is 11.6 Å². The molecule has 0 unspecified atom stereocenters. The molecule has 0 fully saturated rings. The van der Waals surface area contributed by atoms with E-state index >= 15 is 0 Å². The highest BCUT2D eigenvalue weighted by Crippen LogP contribution is 2.27. The van der Waals surface area contributed by atoms with Gasteiger partial charge in [-0.15, -0.1) is 0 Å². The van der Waals surface area contributed by atoms with Gasteiger partial charge in [-0.05, 0) is 30.7 Å². The van der Waals surface area contributed by atoms with Crippen molar-refractivity contribution in [3.8, 4) is 11.3 Å². The summed E-state index contributed by atoms with van der Waals surface area (Å²) in [6.07, 6.45) is 1.77. The molecule has 0 radical (unpaired) electrons. The lowest BCUT2D eigenvalue weighted by Crippen LogP contribution is -2.08. The Morgan fingerprint density at radius 3 is 2.31 bits per heavy atom. The lowest BCUT2D eigenvalue weighted by Gasteiger charge is -2.11. The van der Waals surface area contributed by atoms with Gasteiger partial charge in [0.1, 0.15) is 0 Å². The molecule has 3 aromatic carbocycles. The van der Waals surface area contributed by atoms with Gasteiger partial charge in [0.25, 0.3) is 0 Å². The summed E-state index contributed by atoms with van der Waals surface area (Å²) in [5.41, 5.74) is 9.18. The van der Waals surface area contributed by atoms with Gasteiger partial charge >= 0.3 is 0 Å². The Morgan fingerprint density at radius 1 is 0.862 bits per heavy atom. The van der Waals surface area contributed by atoms with Crippen molar-refractivity contribution in [1.82, 2.24) is 9.97 Å². The van der Waals surface area contributed by atoms with E-state index in [9.17, 15) is 0 Å². The van der Waals surface area contributed by atoms with E-state index in [4.69, 9.17) is 4.98 Å². The molecule has 0 amide bonds. The largest absolute Gasteiger partial charge is 0.378 e. The Labute approximate surface area is 170 Å². The molecule has 4 aromatic rings. The van der Waals surface area contributed by atoms with Gasteiger partial charge in [-0.2, -0.15) is 5.10 Å². The number of nitrogens with zero attached hydrogens (tertiary/aromatic N) is 4. The van der Waals surface area contributed by atoms with Gasteiger partial charge in [0, 0.05) is 30.7 Å². The Bertz CT molecular complexity index is 1150. The molecule has 0 aliphatic heterocycles. The van der Waals surface area contributed by atoms with Crippen LogP contribution in [0.15, 0.2) is 77.9 Å². The van der Waals surface area contributed by atoms with Crippen molar-refractivity contribution in [2.75, 3.05) is 24.4 Å². The molecule has 1 heterocycles. The van der Waals surface area contributed by atoms with Crippen molar-refractivity contribution < 1.29 is 0 Å². The second-order valence-electron chi connectivity index (χ2n) is 7.13. The normalized spacial score (nSPS) is 11.1. The molecule has 0 atom stereocenters. The number of fused-ring (bicyclic) bond motifs is 1. The summed E-state index contributed by atoms with van der Waals surface area (Å²) in [7, 11) is 4.04. The first-order chi connectivity index (χ1) is 14.1. The summed E-state index contributed by atoms with van der Waals surface area (Å²) in [4.78, 5) is 11.4. The van der Waals surface area contributed by atoms with Gasteiger partial charge in [-0.1, -0.05) is 60.2 Å². The molecule has 0 saturated carbocycles. The van der Waals surface area contributed by atoms with Crippen molar-refractivity contribution in [2.24, 2.45) is 5.10 Å². The number of aryl methyl sites for hydroxylation is 1. The van der Waals surface area contributed by atoms with Crippen molar-refractivity contribution >= 4 is 28.8 Å². The van der Waals surface area contributed by atoms with Gasteiger partial charge < -0.3 is 4.90 Å². The van der Waals surface area contributed by atoms with E-state index in [-0.39, 0.29) is 0 Å². The highest BCUT2D eigenvalue weighted by molar-refractivity contribution is 5.93. The number of para-hydroxylation sites is 1. The summed E-state index contributed by atoms with van der Waals surface area (Å²) in [5, 5.41) is 5.35. The summed E-state index contributed by atoms with van der Waals surface area (Å²) in [5.74, 6) is 0.473. The second kappa shape index (κ2) is 8.10. The van der Waals surface area contributed by atoms with Crippen LogP contribution in [0.5, 0.6) is 0 Å². The van der Waals surface area contributed by atoms with Crippen LogP contribution in [0.3, 0.4) is 0 Å². The topological polar surface area (TPSA) is 53.4 Å². The molecule has 0 aliphatic carbocycles. The van der Waals surface area contributed by atoms with Crippen molar-refractivity contribution in [3.63, 3.8) is 0 Å². The van der Waals surface area contributed by atoms with Crippen LogP contribution in [0, 0.1) is 6.92 Å². The maximum Gasteiger partial charge on any atom is 0.244 e. The SMILES string of the molecule is Cc1ccc(-c2nc(N/N=C\c3ccc(N(C)C)cc3)nc3ccccc23)cc1. The third kappa shape index (κ3) is 4.24. The first kappa shape index (κ1) is 18.6. The molecule has 1 aromatic heterocycles. The number of hydrogen-bond donors (Lipinski definition) is 1. The quantitative estimate of drug-likeness (QED) is 0.385. The number of hydrogen-bond acceptors (Lipinski definition) is 5. The summed E-state index contributed by atoms with van der Waals surface area (Å²) < 4.78 is 0. The standard InChI is InChI=1S/C24H23N5/c1-17-8-12-19(13-9-17)23-21-6-4-5-7-22(21)26-24(27-23)28-25-16-18-10-14-20(15-11-18)29(2)3/h4-16H,1-3H3,(H,26,27,28)/b25-16-. The van der Waals surface area contributed by atoms with E-state index in [0.717, 1.165) is 33.4 Å². The van der Waals surface area contributed by atoms with Gasteiger partial charge in [0.2, 0.25) is 5.95 Å². The van der Waals surface area contributed by atoms with E-state index < -0.39 is 0 Å². The molecule has 0 bridgehead atoms. The molecule has 4 rings (SSSR count). The van der Waals surface area contributed by atoms with E-state index in [1.807, 2.05) is 50.5 Å². The van der Waals surface area contributed by atoms with Crippen LogP contribution in [0.2, 0.25) is 0 Å². The monoisotopic (exact) mass is 381 g/mol. The fourth-order valence-corrected chi connectivity index (χ4v) is 3.08. The number of nitrogens with one attached hydrogen (secondary N) is 1. The number of aromatic nitrogens is 2. The highest BCUT2D eigenvalue weighted by atomic mass is 15.3. The number of benzene rings is 3. The van der Waals surface area contributed by atoms with Gasteiger partial charge in [0.15, 0.2) is 0 Å². The van der Waals surface area contributed by atoms with Crippen LogP contribution in [0.1, 0.15) is 11.1 Å². The Balaban J connectivity index is 1.63. The molecule has 5 nitrogen and oxygen atoms in total. The molecule has 0 spiro atoms. The van der Waals surface area contributed by atoms with E-state index in [1.165, 1.54) is 5.56 Å². The zero-order valence-corrected chi connectivity index (χ0v) is 16.8. The summed E-state index contributed by atoms with van der Waals surface area (Å²) in [6, 6.07) is 24.6. The Hall–Kier alpha value is -3.73. The smallest absolute Gasteiger partial charge is 0.244 e. The lowest BCUT2D eigenvalue weighted by molar-refractivity contribution is 1.13. The van der Waals surface area contributed by atoms with Crippen molar-refractivity contribution in [1.29, 1.82) is 0 Å². The zero-order valence-electron chi connectivity index (χ0n) is 16.8. The van der Waals surface area contributed by atoms with Crippen LogP contribution in [-0.4, -0.2) is 30.3 Å². The van der Waals surface area contributed by atoms with Gasteiger partial charge in [-0.3, -0.25) is 0 Å². The molecule has 5 heteroatoms. The summed E-state index contributed by atoms with van der Waals surface area (Å²) in [6.45, 7) is 2.08. The molecule has 1 N–H and O–H groups in total. The number of anilines is 2. The number of hydrazone groups is 1. The fraction of sp³-hybridized carbons (Fsp3) is 0.125. The molecule has 144 valence electrons.